The first-order valence-electron chi connectivity index (χ1n) is 7.53. The highest BCUT2D eigenvalue weighted by atomic mass is 19.4. The standard InChI is InChI=1S/C14H21F3N4O2/c15-14(16,17)12(19)11(9-18)13(22)21-3-1-10(2-4-21)20-5-7-23-8-6-20/h9-10,18H,1-8,19H2. The number of nitrogens with one attached hydrogen (secondary N) is 1. The molecular weight excluding hydrogens is 313 g/mol. The number of halogens is 3. The lowest BCUT2D eigenvalue weighted by Crippen LogP contribution is -2.50. The second-order valence-corrected chi connectivity index (χ2v) is 5.64. The molecular formula is C14H21F3N4O2. The van der Waals surface area contributed by atoms with Crippen molar-refractivity contribution in [1.29, 1.82) is 5.41 Å². The van der Waals surface area contributed by atoms with E-state index in [0.29, 0.717) is 51.4 Å². The van der Waals surface area contributed by atoms with Crippen molar-refractivity contribution in [3.8, 4) is 0 Å². The lowest BCUT2D eigenvalue weighted by atomic mass is 10.0. The Kier molecular flexibility index (Phi) is 5.64. The summed E-state index contributed by atoms with van der Waals surface area (Å²) < 4.78 is 43.2. The fourth-order valence-electron chi connectivity index (χ4n) is 2.95. The number of hydrogen-bond acceptors (Lipinski definition) is 5. The number of alkyl halides is 3. The predicted molar refractivity (Wildman–Crippen MR) is 78.0 cm³/mol. The third-order valence-electron chi connectivity index (χ3n) is 4.28. The molecule has 0 aromatic heterocycles. The molecule has 2 rings (SSSR count). The van der Waals surface area contributed by atoms with Gasteiger partial charge in [0.2, 0.25) is 0 Å². The fraction of sp³-hybridized carbons (Fsp3) is 0.714. The van der Waals surface area contributed by atoms with Crippen LogP contribution in [0.15, 0.2) is 11.3 Å². The summed E-state index contributed by atoms with van der Waals surface area (Å²) in [6.45, 7) is 3.77. The zero-order valence-electron chi connectivity index (χ0n) is 12.7. The van der Waals surface area contributed by atoms with Crippen LogP contribution in [0.5, 0.6) is 0 Å². The molecule has 2 saturated heterocycles. The molecule has 23 heavy (non-hydrogen) atoms. The van der Waals surface area contributed by atoms with E-state index < -0.39 is 23.4 Å². The van der Waals surface area contributed by atoms with Crippen molar-refractivity contribution in [2.75, 3.05) is 39.4 Å². The second-order valence-electron chi connectivity index (χ2n) is 5.64. The SMILES string of the molecule is N=CC(C(=O)N1CCC(N2CCOCC2)CC1)=C(N)C(F)(F)F. The third kappa shape index (κ3) is 4.23. The van der Waals surface area contributed by atoms with E-state index >= 15 is 0 Å². The quantitative estimate of drug-likeness (QED) is 0.589. The molecule has 0 bridgehead atoms. The summed E-state index contributed by atoms with van der Waals surface area (Å²) in [4.78, 5) is 15.8. The lowest BCUT2D eigenvalue weighted by molar-refractivity contribution is -0.129. The molecule has 0 radical (unpaired) electrons. The summed E-state index contributed by atoms with van der Waals surface area (Å²) >= 11 is 0. The molecule has 0 aliphatic carbocycles. The molecule has 0 aromatic carbocycles. The molecule has 0 aromatic rings. The Bertz CT molecular complexity index is 479. The van der Waals surface area contributed by atoms with E-state index in [4.69, 9.17) is 15.9 Å². The summed E-state index contributed by atoms with van der Waals surface area (Å²) in [7, 11) is 0. The lowest BCUT2D eigenvalue weighted by Gasteiger charge is -2.40. The largest absolute Gasteiger partial charge is 0.431 e. The molecule has 0 spiro atoms. The molecule has 9 heteroatoms. The van der Waals surface area contributed by atoms with Crippen LogP contribution in [0.3, 0.4) is 0 Å². The van der Waals surface area contributed by atoms with Gasteiger partial charge < -0.3 is 20.8 Å². The van der Waals surface area contributed by atoms with E-state index in [2.05, 4.69) is 4.90 Å². The molecule has 2 aliphatic heterocycles. The third-order valence-corrected chi connectivity index (χ3v) is 4.28. The maximum atomic E-state index is 12.6. The van der Waals surface area contributed by atoms with Crippen LogP contribution in [0.1, 0.15) is 12.8 Å². The van der Waals surface area contributed by atoms with Crippen molar-refractivity contribution in [2.45, 2.75) is 25.1 Å². The molecule has 0 unspecified atom stereocenters. The number of morpholine rings is 1. The molecule has 130 valence electrons. The minimum absolute atomic E-state index is 0.315. The van der Waals surface area contributed by atoms with Crippen molar-refractivity contribution in [2.24, 2.45) is 5.73 Å². The Labute approximate surface area is 132 Å². The molecule has 1 amide bonds. The normalized spacial score (nSPS) is 22.7. The summed E-state index contributed by atoms with van der Waals surface area (Å²) in [5.74, 6) is -0.824. The first-order chi connectivity index (χ1) is 10.8. The van der Waals surface area contributed by atoms with Crippen LogP contribution in [0.25, 0.3) is 0 Å². The molecule has 0 saturated carbocycles. The zero-order valence-corrected chi connectivity index (χ0v) is 12.7. The monoisotopic (exact) mass is 334 g/mol. The average Bonchev–Trinajstić information content (AvgIpc) is 2.55. The maximum Gasteiger partial charge on any atom is 0.431 e. The molecule has 3 N–H and O–H groups in total. The van der Waals surface area contributed by atoms with Gasteiger partial charge in [-0.1, -0.05) is 0 Å². The van der Waals surface area contributed by atoms with Gasteiger partial charge in [-0.3, -0.25) is 9.69 Å². The number of likely N-dealkylation sites (tertiary alicyclic amines) is 1. The number of nitrogens with zero attached hydrogens (tertiary/aromatic N) is 2. The van der Waals surface area contributed by atoms with E-state index in [9.17, 15) is 18.0 Å². The van der Waals surface area contributed by atoms with Gasteiger partial charge in [0.15, 0.2) is 0 Å². The van der Waals surface area contributed by atoms with Gasteiger partial charge in [-0.25, -0.2) is 0 Å². The molecule has 2 heterocycles. The number of carbonyl (C=O) groups excluding carboxylic acids is 1. The number of allylic oxidation sites excluding steroid dienone is 1. The first-order valence-corrected chi connectivity index (χ1v) is 7.53. The molecule has 2 fully saturated rings. The van der Waals surface area contributed by atoms with Crippen LogP contribution in [-0.4, -0.2) is 73.5 Å². The Morgan fingerprint density at radius 2 is 1.74 bits per heavy atom. The minimum Gasteiger partial charge on any atom is -0.394 e. The van der Waals surface area contributed by atoms with Gasteiger partial charge in [-0.05, 0) is 12.8 Å². The van der Waals surface area contributed by atoms with E-state index in [-0.39, 0.29) is 0 Å². The number of carbonyl (C=O) groups is 1. The highest BCUT2D eigenvalue weighted by molar-refractivity contribution is 6.12. The molecule has 0 atom stereocenters. The number of amides is 1. The summed E-state index contributed by atoms with van der Waals surface area (Å²) in [5.41, 5.74) is 2.69. The zero-order chi connectivity index (χ0) is 17.0. The van der Waals surface area contributed by atoms with Gasteiger partial charge in [-0.2, -0.15) is 13.2 Å². The second kappa shape index (κ2) is 7.31. The van der Waals surface area contributed by atoms with Gasteiger partial charge in [0, 0.05) is 38.4 Å². The van der Waals surface area contributed by atoms with Gasteiger partial charge in [0.1, 0.15) is 5.70 Å². The van der Waals surface area contributed by atoms with Crippen molar-refractivity contribution in [1.82, 2.24) is 9.80 Å². The van der Waals surface area contributed by atoms with E-state index in [1.54, 1.807) is 0 Å². The van der Waals surface area contributed by atoms with Gasteiger partial charge >= 0.3 is 6.18 Å². The fourth-order valence-corrected chi connectivity index (χ4v) is 2.95. The average molecular weight is 334 g/mol. The van der Waals surface area contributed by atoms with Crippen molar-refractivity contribution >= 4 is 12.1 Å². The topological polar surface area (TPSA) is 82.7 Å². The van der Waals surface area contributed by atoms with E-state index in [1.807, 2.05) is 0 Å². The van der Waals surface area contributed by atoms with Crippen LogP contribution in [0.4, 0.5) is 13.2 Å². The van der Waals surface area contributed by atoms with Crippen LogP contribution >= 0.6 is 0 Å². The Hall–Kier alpha value is -1.61. The number of rotatable bonds is 3. The number of ether oxygens (including phenoxy) is 1. The van der Waals surface area contributed by atoms with Crippen molar-refractivity contribution in [3.05, 3.63) is 11.3 Å². The summed E-state index contributed by atoms with van der Waals surface area (Å²) in [6, 6.07) is 0.315. The Morgan fingerprint density at radius 1 is 1.17 bits per heavy atom. The smallest absolute Gasteiger partial charge is 0.394 e. The van der Waals surface area contributed by atoms with Crippen LogP contribution < -0.4 is 5.73 Å². The van der Waals surface area contributed by atoms with E-state index in [1.165, 1.54) is 4.90 Å². The summed E-state index contributed by atoms with van der Waals surface area (Å²) in [5, 5.41) is 7.09. The number of piperidine rings is 1. The predicted octanol–water partition coefficient (Wildman–Crippen LogP) is 0.734. The van der Waals surface area contributed by atoms with Crippen LogP contribution in [0.2, 0.25) is 0 Å². The van der Waals surface area contributed by atoms with Crippen molar-refractivity contribution < 1.29 is 22.7 Å². The summed E-state index contributed by atoms with van der Waals surface area (Å²) in [6.07, 6.45) is -3.03. The first kappa shape index (κ1) is 17.7. The van der Waals surface area contributed by atoms with Gasteiger partial charge in [-0.15, -0.1) is 0 Å². The maximum absolute atomic E-state index is 12.6. The Morgan fingerprint density at radius 3 is 2.22 bits per heavy atom. The van der Waals surface area contributed by atoms with Gasteiger partial charge in [0.25, 0.3) is 5.91 Å². The van der Waals surface area contributed by atoms with Crippen LogP contribution in [0, 0.1) is 5.41 Å². The molecule has 6 nitrogen and oxygen atoms in total. The Balaban J connectivity index is 1.98. The van der Waals surface area contributed by atoms with Crippen LogP contribution in [-0.2, 0) is 9.53 Å². The van der Waals surface area contributed by atoms with E-state index in [0.717, 1.165) is 13.1 Å². The highest BCUT2D eigenvalue weighted by Gasteiger charge is 2.37. The van der Waals surface area contributed by atoms with Gasteiger partial charge in [0.05, 0.1) is 18.8 Å². The van der Waals surface area contributed by atoms with Crippen molar-refractivity contribution in [3.63, 3.8) is 0 Å². The number of hydrogen-bond donors (Lipinski definition) is 2. The minimum atomic E-state index is -4.81. The highest BCUT2D eigenvalue weighted by Crippen LogP contribution is 2.25. The molecule has 2 aliphatic rings. The number of nitrogens with two attached hydrogens (primary N) is 1.